The molecule has 0 fully saturated rings. The van der Waals surface area contributed by atoms with Crippen LogP contribution in [0, 0.1) is 0 Å². The van der Waals surface area contributed by atoms with Crippen LogP contribution in [0.25, 0.3) is 0 Å². The Balaban J connectivity index is 2.71. The first-order valence-corrected chi connectivity index (χ1v) is 4.34. The van der Waals surface area contributed by atoms with E-state index in [2.05, 4.69) is 37.8 Å². The molecule has 1 aromatic rings. The largest absolute Gasteiger partial charge is 0.383 e. The van der Waals surface area contributed by atoms with E-state index in [1.165, 1.54) is 0 Å². The van der Waals surface area contributed by atoms with Crippen molar-refractivity contribution in [2.24, 2.45) is 0 Å². The number of halogens is 1. The quantitative estimate of drug-likeness (QED) is 0.736. The predicted molar refractivity (Wildman–Crippen MR) is 57.4 cm³/mol. The molecule has 1 heterocycles. The van der Waals surface area contributed by atoms with Gasteiger partial charge in [-0.2, -0.15) is 9.97 Å². The van der Waals surface area contributed by atoms with Crippen LogP contribution >= 0.6 is 15.9 Å². The van der Waals surface area contributed by atoms with Crippen molar-refractivity contribution in [2.75, 3.05) is 23.3 Å². The molecule has 0 unspecified atom stereocenters. The van der Waals surface area contributed by atoms with Crippen LogP contribution in [0.15, 0.2) is 17.1 Å². The third kappa shape index (κ3) is 3.29. The molecular formula is C7H10BrN5. The van der Waals surface area contributed by atoms with Gasteiger partial charge in [-0.05, 0) is 0 Å². The summed E-state index contributed by atoms with van der Waals surface area (Å²) in [7, 11) is 0. The zero-order chi connectivity index (χ0) is 9.84. The Morgan fingerprint density at radius 3 is 2.77 bits per heavy atom. The number of nitrogens with zero attached hydrogens (tertiary/aromatic N) is 2. The zero-order valence-corrected chi connectivity index (χ0v) is 8.50. The van der Waals surface area contributed by atoms with E-state index in [4.69, 9.17) is 11.5 Å². The first kappa shape index (κ1) is 9.79. The second kappa shape index (κ2) is 4.08. The maximum atomic E-state index is 5.46. The number of aromatic nitrogens is 2. The summed E-state index contributed by atoms with van der Waals surface area (Å²) in [5.41, 5.74) is 10.8. The van der Waals surface area contributed by atoms with Gasteiger partial charge in [-0.15, -0.1) is 0 Å². The molecule has 0 aliphatic carbocycles. The Kier molecular flexibility index (Phi) is 3.07. The average molecular weight is 244 g/mol. The molecule has 0 spiro atoms. The van der Waals surface area contributed by atoms with Gasteiger partial charge in [0.1, 0.15) is 11.6 Å². The molecule has 1 rings (SSSR count). The molecule has 0 radical (unpaired) electrons. The van der Waals surface area contributed by atoms with Crippen molar-refractivity contribution in [2.45, 2.75) is 0 Å². The maximum absolute atomic E-state index is 5.46. The summed E-state index contributed by atoms with van der Waals surface area (Å²) in [5, 5.41) is 2.97. The third-order valence-corrected chi connectivity index (χ3v) is 1.50. The van der Waals surface area contributed by atoms with Crippen LogP contribution in [0.4, 0.5) is 17.6 Å². The third-order valence-electron chi connectivity index (χ3n) is 1.22. The van der Waals surface area contributed by atoms with Gasteiger partial charge >= 0.3 is 0 Å². The molecule has 0 saturated heterocycles. The summed E-state index contributed by atoms with van der Waals surface area (Å²) >= 11 is 3.21. The van der Waals surface area contributed by atoms with Crippen molar-refractivity contribution >= 4 is 33.5 Å². The number of hydrogen-bond acceptors (Lipinski definition) is 5. The fourth-order valence-electron chi connectivity index (χ4n) is 0.762. The Bertz CT molecular complexity index is 304. The number of anilines is 3. The minimum absolute atomic E-state index is 0.155. The van der Waals surface area contributed by atoms with Gasteiger partial charge in [-0.25, -0.2) is 0 Å². The fraction of sp³-hybridized carbons (Fsp3) is 0.143. The summed E-state index contributed by atoms with van der Waals surface area (Å²) in [6.07, 6.45) is 0. The maximum Gasteiger partial charge on any atom is 0.223 e. The lowest BCUT2D eigenvalue weighted by molar-refractivity contribution is 1.16. The van der Waals surface area contributed by atoms with E-state index in [-0.39, 0.29) is 5.95 Å². The summed E-state index contributed by atoms with van der Waals surface area (Å²) in [6, 6.07) is 1.60. The molecule has 0 atom stereocenters. The Hall–Kier alpha value is -1.30. The Morgan fingerprint density at radius 1 is 1.54 bits per heavy atom. The SMILES string of the molecule is C=C(Br)CNc1cc(N)nc(N)n1. The Labute approximate surface area is 84.4 Å². The lowest BCUT2D eigenvalue weighted by Crippen LogP contribution is -2.06. The van der Waals surface area contributed by atoms with Crippen LogP contribution in [0.2, 0.25) is 0 Å². The monoisotopic (exact) mass is 243 g/mol. The van der Waals surface area contributed by atoms with Crippen molar-refractivity contribution in [3.8, 4) is 0 Å². The topological polar surface area (TPSA) is 89.8 Å². The summed E-state index contributed by atoms with van der Waals surface area (Å²) in [5.74, 6) is 1.09. The normalized spacial score (nSPS) is 9.62. The molecule has 70 valence electrons. The fourth-order valence-corrected chi connectivity index (χ4v) is 0.903. The van der Waals surface area contributed by atoms with Crippen molar-refractivity contribution in [3.05, 3.63) is 17.1 Å². The minimum atomic E-state index is 0.155. The minimum Gasteiger partial charge on any atom is -0.383 e. The Morgan fingerprint density at radius 2 is 2.23 bits per heavy atom. The molecule has 6 heteroatoms. The molecule has 0 saturated carbocycles. The number of nitrogens with two attached hydrogens (primary N) is 2. The van der Waals surface area contributed by atoms with Gasteiger partial charge in [0.15, 0.2) is 0 Å². The van der Waals surface area contributed by atoms with Gasteiger partial charge in [-0.3, -0.25) is 0 Å². The lowest BCUT2D eigenvalue weighted by atomic mass is 10.5. The highest BCUT2D eigenvalue weighted by atomic mass is 79.9. The smallest absolute Gasteiger partial charge is 0.223 e. The van der Waals surface area contributed by atoms with Crippen molar-refractivity contribution in [3.63, 3.8) is 0 Å². The van der Waals surface area contributed by atoms with E-state index >= 15 is 0 Å². The average Bonchev–Trinajstić information content (AvgIpc) is 1.99. The van der Waals surface area contributed by atoms with E-state index in [9.17, 15) is 0 Å². The summed E-state index contributed by atoms with van der Waals surface area (Å²) in [6.45, 7) is 4.23. The second-order valence-corrected chi connectivity index (χ2v) is 3.53. The molecule has 0 aliphatic rings. The first-order valence-electron chi connectivity index (χ1n) is 3.55. The highest BCUT2D eigenvalue weighted by Gasteiger charge is 1.98. The van der Waals surface area contributed by atoms with Gasteiger partial charge in [-0.1, -0.05) is 22.5 Å². The van der Waals surface area contributed by atoms with E-state index in [0.717, 1.165) is 4.48 Å². The molecule has 0 bridgehead atoms. The van der Waals surface area contributed by atoms with Crippen molar-refractivity contribution < 1.29 is 0 Å². The molecule has 5 N–H and O–H groups in total. The molecule has 5 nitrogen and oxygen atoms in total. The standard InChI is InChI=1S/C7H10BrN5/c1-4(8)3-11-6-2-5(9)12-7(10)13-6/h2H,1,3H2,(H5,9,10,11,12,13). The van der Waals surface area contributed by atoms with E-state index in [1.807, 2.05) is 0 Å². The molecule has 0 amide bonds. The molecular weight excluding hydrogens is 234 g/mol. The van der Waals surface area contributed by atoms with Crippen LogP contribution in [-0.4, -0.2) is 16.5 Å². The number of nitrogen functional groups attached to an aromatic ring is 2. The van der Waals surface area contributed by atoms with E-state index in [1.54, 1.807) is 6.07 Å². The summed E-state index contributed by atoms with van der Waals surface area (Å²) < 4.78 is 0.822. The van der Waals surface area contributed by atoms with E-state index < -0.39 is 0 Å². The molecule has 0 aliphatic heterocycles. The van der Waals surface area contributed by atoms with Crippen molar-refractivity contribution in [1.82, 2.24) is 9.97 Å². The van der Waals surface area contributed by atoms with E-state index in [0.29, 0.717) is 18.2 Å². The molecule has 0 aromatic carbocycles. The van der Waals surface area contributed by atoms with Crippen LogP contribution in [0.1, 0.15) is 0 Å². The van der Waals surface area contributed by atoms with Crippen LogP contribution in [0.5, 0.6) is 0 Å². The van der Waals surface area contributed by atoms with Crippen LogP contribution in [-0.2, 0) is 0 Å². The van der Waals surface area contributed by atoms with Crippen LogP contribution < -0.4 is 16.8 Å². The van der Waals surface area contributed by atoms with Gasteiger partial charge in [0, 0.05) is 17.1 Å². The second-order valence-electron chi connectivity index (χ2n) is 2.41. The highest BCUT2D eigenvalue weighted by molar-refractivity contribution is 9.11. The predicted octanol–water partition coefficient (Wildman–Crippen LogP) is 0.961. The lowest BCUT2D eigenvalue weighted by Gasteiger charge is -2.04. The first-order chi connectivity index (χ1) is 6.08. The van der Waals surface area contributed by atoms with Crippen molar-refractivity contribution in [1.29, 1.82) is 0 Å². The van der Waals surface area contributed by atoms with Gasteiger partial charge < -0.3 is 16.8 Å². The number of nitrogens with one attached hydrogen (secondary N) is 1. The summed E-state index contributed by atoms with van der Waals surface area (Å²) in [4.78, 5) is 7.65. The van der Waals surface area contributed by atoms with Gasteiger partial charge in [0.25, 0.3) is 0 Å². The molecule has 1 aromatic heterocycles. The highest BCUT2D eigenvalue weighted by Crippen LogP contribution is 2.10. The van der Waals surface area contributed by atoms with Crippen LogP contribution in [0.3, 0.4) is 0 Å². The zero-order valence-electron chi connectivity index (χ0n) is 6.92. The number of hydrogen-bond donors (Lipinski definition) is 3. The molecule has 13 heavy (non-hydrogen) atoms. The van der Waals surface area contributed by atoms with Gasteiger partial charge in [0.05, 0.1) is 0 Å². The number of rotatable bonds is 3. The van der Waals surface area contributed by atoms with Gasteiger partial charge in [0.2, 0.25) is 5.95 Å².